The summed E-state index contributed by atoms with van der Waals surface area (Å²) in [7, 11) is 0. The zero-order valence-corrected chi connectivity index (χ0v) is 12.5. The predicted octanol–water partition coefficient (Wildman–Crippen LogP) is -0.263. The van der Waals surface area contributed by atoms with Crippen LogP contribution in [0.5, 0.6) is 0 Å². The van der Waals surface area contributed by atoms with Crippen LogP contribution in [0.4, 0.5) is 0 Å². The maximum Gasteiger partial charge on any atom is 0.303 e. The van der Waals surface area contributed by atoms with Crippen molar-refractivity contribution in [2.45, 2.75) is 51.5 Å². The third kappa shape index (κ3) is 4.83. The predicted molar refractivity (Wildman–Crippen MR) is 68.3 cm³/mol. The second kappa shape index (κ2) is 7.58. The summed E-state index contributed by atoms with van der Waals surface area (Å²) in [5, 5.41) is 9.86. The number of esters is 3. The van der Waals surface area contributed by atoms with Gasteiger partial charge >= 0.3 is 17.9 Å². The third-order valence-electron chi connectivity index (χ3n) is 2.67. The van der Waals surface area contributed by atoms with Crippen molar-refractivity contribution in [3.05, 3.63) is 0 Å². The molecule has 9 heteroatoms. The van der Waals surface area contributed by atoms with E-state index in [2.05, 4.69) is 0 Å². The monoisotopic (exact) mass is 324 g/mol. The number of aliphatic hydroxyl groups excluding tert-OH is 1. The van der Waals surface area contributed by atoms with E-state index < -0.39 is 48.6 Å². The van der Waals surface area contributed by atoms with E-state index in [1.54, 1.807) is 0 Å². The molecule has 0 aliphatic carbocycles. The van der Waals surface area contributed by atoms with Gasteiger partial charge < -0.3 is 24.1 Å². The standard InChI is InChI=1S/C12H17ClO8/c1-5(14)18-9-8(4-13)21-12(17)11(20-7(3)16)10(9)19-6(2)15/h8-12,17H,4H2,1-3H3/t8-,9+,10+,11-,12+/m1/s1. The molecular formula is C12H17ClO8. The number of ether oxygens (including phenoxy) is 4. The fraction of sp³-hybridized carbons (Fsp3) is 0.750. The Balaban J connectivity index is 3.08. The number of carbonyl (C=O) groups excluding carboxylic acids is 3. The Hall–Kier alpha value is -1.38. The zero-order valence-electron chi connectivity index (χ0n) is 11.8. The highest BCUT2D eigenvalue weighted by Gasteiger charge is 2.51. The van der Waals surface area contributed by atoms with Crippen molar-refractivity contribution in [1.82, 2.24) is 0 Å². The molecule has 0 aromatic carbocycles. The molecule has 0 saturated carbocycles. The summed E-state index contributed by atoms with van der Waals surface area (Å²) in [5.41, 5.74) is 0. The lowest BCUT2D eigenvalue weighted by Gasteiger charge is -2.42. The van der Waals surface area contributed by atoms with E-state index in [0.29, 0.717) is 0 Å². The summed E-state index contributed by atoms with van der Waals surface area (Å²) < 4.78 is 20.1. The van der Waals surface area contributed by atoms with Gasteiger partial charge in [0.1, 0.15) is 6.10 Å². The van der Waals surface area contributed by atoms with Crippen LogP contribution in [-0.4, -0.2) is 59.6 Å². The van der Waals surface area contributed by atoms with E-state index in [-0.39, 0.29) is 5.88 Å². The van der Waals surface area contributed by atoms with Gasteiger partial charge in [-0.1, -0.05) is 0 Å². The lowest BCUT2D eigenvalue weighted by atomic mass is 9.99. The molecular weight excluding hydrogens is 308 g/mol. The first-order chi connectivity index (χ1) is 9.76. The average molecular weight is 325 g/mol. The van der Waals surface area contributed by atoms with Crippen LogP contribution >= 0.6 is 11.6 Å². The second-order valence-electron chi connectivity index (χ2n) is 4.44. The Morgan fingerprint density at radius 3 is 1.81 bits per heavy atom. The van der Waals surface area contributed by atoms with E-state index in [0.717, 1.165) is 20.8 Å². The number of carbonyl (C=O) groups is 3. The lowest BCUT2D eigenvalue weighted by molar-refractivity contribution is -0.287. The summed E-state index contributed by atoms with van der Waals surface area (Å²) in [6.07, 6.45) is -6.12. The van der Waals surface area contributed by atoms with E-state index >= 15 is 0 Å². The molecule has 1 aliphatic rings. The van der Waals surface area contributed by atoms with E-state index in [9.17, 15) is 19.5 Å². The van der Waals surface area contributed by atoms with Gasteiger partial charge in [0.05, 0.1) is 5.88 Å². The highest BCUT2D eigenvalue weighted by atomic mass is 35.5. The van der Waals surface area contributed by atoms with Crippen LogP contribution in [-0.2, 0) is 33.3 Å². The molecule has 1 aliphatic heterocycles. The van der Waals surface area contributed by atoms with E-state index in [1.165, 1.54) is 0 Å². The van der Waals surface area contributed by atoms with Gasteiger partial charge in [0.2, 0.25) is 0 Å². The minimum absolute atomic E-state index is 0.125. The molecule has 0 unspecified atom stereocenters. The molecule has 120 valence electrons. The van der Waals surface area contributed by atoms with Crippen LogP contribution in [0.1, 0.15) is 20.8 Å². The highest BCUT2D eigenvalue weighted by Crippen LogP contribution is 2.28. The van der Waals surface area contributed by atoms with Crippen molar-refractivity contribution in [3.8, 4) is 0 Å². The normalized spacial score (nSPS) is 32.1. The molecule has 0 spiro atoms. The first-order valence-corrected chi connectivity index (χ1v) is 6.70. The molecule has 1 saturated heterocycles. The van der Waals surface area contributed by atoms with Crippen LogP contribution in [0.15, 0.2) is 0 Å². The van der Waals surface area contributed by atoms with E-state index in [4.69, 9.17) is 30.5 Å². The van der Waals surface area contributed by atoms with Crippen molar-refractivity contribution < 1.29 is 38.4 Å². The largest absolute Gasteiger partial charge is 0.456 e. The molecule has 21 heavy (non-hydrogen) atoms. The number of rotatable bonds is 4. The molecule has 1 rings (SSSR count). The van der Waals surface area contributed by atoms with Crippen LogP contribution in [0.3, 0.4) is 0 Å². The van der Waals surface area contributed by atoms with E-state index in [1.807, 2.05) is 0 Å². The van der Waals surface area contributed by atoms with Crippen molar-refractivity contribution >= 4 is 29.5 Å². The van der Waals surface area contributed by atoms with Gasteiger partial charge in [-0.2, -0.15) is 0 Å². The van der Waals surface area contributed by atoms with Gasteiger partial charge in [0.15, 0.2) is 24.6 Å². The van der Waals surface area contributed by atoms with Crippen LogP contribution in [0.25, 0.3) is 0 Å². The molecule has 8 nitrogen and oxygen atoms in total. The summed E-state index contributed by atoms with van der Waals surface area (Å²) in [5.74, 6) is -2.20. The van der Waals surface area contributed by atoms with Crippen molar-refractivity contribution in [1.29, 1.82) is 0 Å². The molecule has 5 atom stereocenters. The van der Waals surface area contributed by atoms with Crippen molar-refractivity contribution in [2.24, 2.45) is 0 Å². The number of halogens is 1. The lowest BCUT2D eigenvalue weighted by Crippen LogP contribution is -2.61. The number of alkyl halides is 1. The second-order valence-corrected chi connectivity index (χ2v) is 4.75. The molecule has 1 N–H and O–H groups in total. The maximum absolute atomic E-state index is 11.2. The van der Waals surface area contributed by atoms with Crippen molar-refractivity contribution in [3.63, 3.8) is 0 Å². The molecule has 1 heterocycles. The quantitative estimate of drug-likeness (QED) is 0.428. The number of hydrogen-bond donors (Lipinski definition) is 1. The summed E-state index contributed by atoms with van der Waals surface area (Å²) in [6.45, 7) is 3.40. The smallest absolute Gasteiger partial charge is 0.303 e. The molecule has 0 bridgehead atoms. The first-order valence-electron chi connectivity index (χ1n) is 6.17. The Kier molecular flexibility index (Phi) is 6.38. The van der Waals surface area contributed by atoms with Gasteiger partial charge in [-0.05, 0) is 0 Å². The Labute approximate surface area is 126 Å². The Morgan fingerprint density at radius 1 is 0.952 bits per heavy atom. The fourth-order valence-corrected chi connectivity index (χ4v) is 2.24. The minimum atomic E-state index is -1.56. The fourth-order valence-electron chi connectivity index (χ4n) is 2.00. The molecule has 0 aromatic heterocycles. The topological polar surface area (TPSA) is 108 Å². The average Bonchev–Trinajstić information content (AvgIpc) is 2.35. The minimum Gasteiger partial charge on any atom is -0.456 e. The Bertz CT molecular complexity index is 412. The molecule has 0 amide bonds. The first kappa shape index (κ1) is 17.7. The molecule has 1 fully saturated rings. The summed E-state index contributed by atoms with van der Waals surface area (Å²) in [6, 6.07) is 0. The van der Waals surface area contributed by atoms with Gasteiger partial charge in [-0.25, -0.2) is 0 Å². The van der Waals surface area contributed by atoms with Crippen LogP contribution < -0.4 is 0 Å². The third-order valence-corrected chi connectivity index (χ3v) is 2.97. The number of aliphatic hydroxyl groups is 1. The maximum atomic E-state index is 11.2. The number of hydrogen-bond acceptors (Lipinski definition) is 8. The SMILES string of the molecule is CC(=O)O[C@@H]1[C@@H](OC(C)=O)[C@@H](O)O[C@H](CCl)[C@@H]1OC(C)=O. The van der Waals surface area contributed by atoms with Crippen molar-refractivity contribution in [2.75, 3.05) is 5.88 Å². The van der Waals surface area contributed by atoms with Gasteiger partial charge in [-0.15, -0.1) is 11.6 Å². The molecule has 0 aromatic rings. The Morgan fingerprint density at radius 2 is 1.38 bits per heavy atom. The zero-order chi connectivity index (χ0) is 16.2. The summed E-state index contributed by atoms with van der Waals surface area (Å²) >= 11 is 5.70. The molecule has 0 radical (unpaired) electrons. The summed E-state index contributed by atoms with van der Waals surface area (Å²) in [4.78, 5) is 33.5. The van der Waals surface area contributed by atoms with Gasteiger partial charge in [0, 0.05) is 20.8 Å². The van der Waals surface area contributed by atoms with Crippen LogP contribution in [0.2, 0.25) is 0 Å². The van der Waals surface area contributed by atoms with Gasteiger partial charge in [-0.3, -0.25) is 14.4 Å². The van der Waals surface area contributed by atoms with Gasteiger partial charge in [0.25, 0.3) is 0 Å². The highest BCUT2D eigenvalue weighted by molar-refractivity contribution is 6.18. The van der Waals surface area contributed by atoms with Crippen LogP contribution in [0, 0.1) is 0 Å².